The van der Waals surface area contributed by atoms with E-state index in [1.807, 2.05) is 13.8 Å². The molecule has 0 fully saturated rings. The van der Waals surface area contributed by atoms with Crippen molar-refractivity contribution < 1.29 is 28.8 Å². The lowest BCUT2D eigenvalue weighted by molar-refractivity contribution is -0.102. The fourth-order valence-corrected chi connectivity index (χ4v) is 2.44. The molecule has 10 nitrogen and oxygen atoms in total. The average Bonchev–Trinajstić information content (AvgIpc) is 2.56. The summed E-state index contributed by atoms with van der Waals surface area (Å²) in [6.45, 7) is 3.64. The molecule has 0 saturated carbocycles. The van der Waals surface area contributed by atoms with Crippen molar-refractivity contribution in [2.24, 2.45) is 0 Å². The molecule has 0 aliphatic rings. The summed E-state index contributed by atoms with van der Waals surface area (Å²) in [6.07, 6.45) is -0.184. The lowest BCUT2D eigenvalue weighted by Gasteiger charge is -2.24. The van der Waals surface area contributed by atoms with Crippen LogP contribution in [-0.4, -0.2) is 58.4 Å². The van der Waals surface area contributed by atoms with Crippen LogP contribution in [-0.2, 0) is 18.8 Å². The number of ether oxygens (including phenoxy) is 3. The average molecular weight is 392 g/mol. The van der Waals surface area contributed by atoms with Gasteiger partial charge >= 0.3 is 5.69 Å². The molecule has 1 unspecified atom stereocenters. The Morgan fingerprint density at radius 3 is 2.58 bits per heavy atom. The van der Waals surface area contributed by atoms with Crippen LogP contribution in [0.2, 0.25) is 0 Å². The highest BCUT2D eigenvalue weighted by molar-refractivity contribution is 7.61. The highest BCUT2D eigenvalue weighted by atomic mass is 31.2. The van der Waals surface area contributed by atoms with E-state index in [0.717, 1.165) is 16.5 Å². The first-order valence-corrected chi connectivity index (χ1v) is 9.79. The molecule has 148 valence electrons. The molecule has 0 spiro atoms. The SMILES string of the molecule is COC[C@@H](O[C@H](/C=C/P(=O)(O)CO)COC(C)C)n1ccc(=O)[nH]c1=O. The molecule has 11 heteroatoms. The second-order valence-electron chi connectivity index (χ2n) is 5.72. The zero-order chi connectivity index (χ0) is 19.7. The largest absolute Gasteiger partial charge is 0.386 e. The number of aliphatic hydroxyl groups is 1. The fourth-order valence-electron chi connectivity index (χ4n) is 1.89. The standard InChI is InChI=1S/C15H25N2O8P/c1-11(2)24-8-12(5-7-26(21,22)10-18)25-14(9-23-3)17-6-4-13(19)16-15(17)20/h4-7,11-12,14,18H,8-10H2,1-3H3,(H,21,22)(H,16,19,20)/b7-5+/t12-,14-/m1/s1. The van der Waals surface area contributed by atoms with Gasteiger partial charge in [-0.1, -0.05) is 0 Å². The number of aromatic amines is 1. The second kappa shape index (κ2) is 10.6. The molecule has 0 radical (unpaired) electrons. The highest BCUT2D eigenvalue weighted by Gasteiger charge is 2.20. The van der Waals surface area contributed by atoms with Gasteiger partial charge in [0.25, 0.3) is 5.56 Å². The van der Waals surface area contributed by atoms with Crippen LogP contribution in [0.15, 0.2) is 33.7 Å². The fraction of sp³-hybridized carbons (Fsp3) is 0.600. The maximum Gasteiger partial charge on any atom is 0.330 e. The normalized spacial score (nSPS) is 16.7. The van der Waals surface area contributed by atoms with Crippen LogP contribution in [0, 0.1) is 0 Å². The van der Waals surface area contributed by atoms with Gasteiger partial charge < -0.3 is 24.2 Å². The van der Waals surface area contributed by atoms with E-state index in [9.17, 15) is 19.0 Å². The van der Waals surface area contributed by atoms with Gasteiger partial charge in [0.15, 0.2) is 6.23 Å². The molecule has 0 aromatic carbocycles. The quantitative estimate of drug-likeness (QED) is 0.455. The first kappa shape index (κ1) is 22.5. The Bertz CT molecular complexity index is 742. The number of nitrogens with zero attached hydrogens (tertiary/aromatic N) is 1. The van der Waals surface area contributed by atoms with Gasteiger partial charge in [0.05, 0.1) is 19.3 Å². The third kappa shape index (κ3) is 7.77. The summed E-state index contributed by atoms with van der Waals surface area (Å²) in [5.74, 6) is 0.959. The summed E-state index contributed by atoms with van der Waals surface area (Å²) in [7, 11) is -2.42. The third-order valence-electron chi connectivity index (χ3n) is 3.13. The Morgan fingerprint density at radius 1 is 1.35 bits per heavy atom. The van der Waals surface area contributed by atoms with E-state index < -0.39 is 37.3 Å². The molecule has 3 N–H and O–H groups in total. The Morgan fingerprint density at radius 2 is 2.04 bits per heavy atom. The van der Waals surface area contributed by atoms with Gasteiger partial charge in [-0.05, 0) is 19.9 Å². The Hall–Kier alpha value is -1.55. The van der Waals surface area contributed by atoms with Gasteiger partial charge in [-0.25, -0.2) is 4.79 Å². The molecule has 3 atom stereocenters. The van der Waals surface area contributed by atoms with E-state index in [0.29, 0.717) is 0 Å². The van der Waals surface area contributed by atoms with E-state index in [4.69, 9.17) is 19.3 Å². The van der Waals surface area contributed by atoms with Crippen LogP contribution < -0.4 is 11.2 Å². The van der Waals surface area contributed by atoms with E-state index in [2.05, 4.69) is 4.98 Å². The van der Waals surface area contributed by atoms with E-state index in [1.54, 1.807) is 0 Å². The predicted octanol–water partition coefficient (Wildman–Crippen LogP) is 0.226. The molecule has 0 bridgehead atoms. The van der Waals surface area contributed by atoms with Crippen molar-refractivity contribution in [1.82, 2.24) is 9.55 Å². The van der Waals surface area contributed by atoms with Gasteiger partial charge in [0.1, 0.15) is 12.5 Å². The monoisotopic (exact) mass is 392 g/mol. The summed E-state index contributed by atoms with van der Waals surface area (Å²) >= 11 is 0. The summed E-state index contributed by atoms with van der Waals surface area (Å²) in [5, 5.41) is 8.90. The van der Waals surface area contributed by atoms with Gasteiger partial charge in [-0.3, -0.25) is 18.9 Å². The van der Waals surface area contributed by atoms with Crippen LogP contribution in [0.1, 0.15) is 20.1 Å². The lowest BCUT2D eigenvalue weighted by atomic mass is 10.3. The number of hydrogen-bond acceptors (Lipinski definition) is 7. The Kier molecular flexibility index (Phi) is 9.14. The van der Waals surface area contributed by atoms with Gasteiger partial charge in [-0.15, -0.1) is 0 Å². The number of rotatable bonds is 11. The van der Waals surface area contributed by atoms with E-state index >= 15 is 0 Å². The smallest absolute Gasteiger partial charge is 0.330 e. The second-order valence-corrected chi connectivity index (χ2v) is 7.81. The molecule has 0 aliphatic heterocycles. The maximum atomic E-state index is 12.0. The summed E-state index contributed by atoms with van der Waals surface area (Å²) < 4.78 is 29.0. The molecule has 1 heterocycles. The lowest BCUT2D eigenvalue weighted by Crippen LogP contribution is -2.36. The third-order valence-corrected chi connectivity index (χ3v) is 4.18. The summed E-state index contributed by atoms with van der Waals surface area (Å²) in [5.41, 5.74) is -1.23. The Labute approximate surface area is 150 Å². The maximum absolute atomic E-state index is 12.0. The first-order valence-electron chi connectivity index (χ1n) is 7.87. The van der Waals surface area contributed by atoms with Crippen molar-refractivity contribution in [2.75, 3.05) is 26.7 Å². The van der Waals surface area contributed by atoms with Gasteiger partial charge in [0.2, 0.25) is 7.37 Å². The number of H-pyrrole nitrogens is 1. The number of hydrogen-bond donors (Lipinski definition) is 3. The molecule has 0 saturated heterocycles. The molecule has 1 aromatic heterocycles. The van der Waals surface area contributed by atoms with Crippen LogP contribution in [0.3, 0.4) is 0 Å². The molecule has 1 aromatic rings. The van der Waals surface area contributed by atoms with Crippen LogP contribution in [0.5, 0.6) is 0 Å². The number of nitrogens with one attached hydrogen (secondary N) is 1. The molecule has 1 rings (SSSR count). The topological polar surface area (TPSA) is 140 Å². The summed E-state index contributed by atoms with van der Waals surface area (Å²) in [4.78, 5) is 34.8. The van der Waals surface area contributed by atoms with Crippen molar-refractivity contribution in [2.45, 2.75) is 32.3 Å². The number of aliphatic hydroxyl groups excluding tert-OH is 1. The Balaban J connectivity index is 3.07. The van der Waals surface area contributed by atoms with Crippen molar-refractivity contribution in [3.05, 3.63) is 45.0 Å². The minimum atomic E-state index is -3.83. The van der Waals surface area contributed by atoms with Crippen LogP contribution >= 0.6 is 7.37 Å². The van der Waals surface area contributed by atoms with Gasteiger partial charge in [-0.2, -0.15) is 0 Å². The molecule has 0 aliphatic carbocycles. The summed E-state index contributed by atoms with van der Waals surface area (Å²) in [6, 6.07) is 1.16. The highest BCUT2D eigenvalue weighted by Crippen LogP contribution is 2.40. The first-order chi connectivity index (χ1) is 12.2. The molecule has 26 heavy (non-hydrogen) atoms. The van der Waals surface area contributed by atoms with E-state index in [1.165, 1.54) is 19.4 Å². The molecular formula is C15H25N2O8P. The molecule has 0 amide bonds. The van der Waals surface area contributed by atoms with Crippen molar-refractivity contribution >= 4 is 7.37 Å². The molecular weight excluding hydrogens is 367 g/mol. The zero-order valence-corrected chi connectivity index (χ0v) is 15.8. The van der Waals surface area contributed by atoms with Crippen molar-refractivity contribution in [3.8, 4) is 0 Å². The van der Waals surface area contributed by atoms with Crippen molar-refractivity contribution in [1.29, 1.82) is 0 Å². The minimum absolute atomic E-state index is 0.0191. The van der Waals surface area contributed by atoms with Crippen LogP contribution in [0.25, 0.3) is 0 Å². The predicted molar refractivity (Wildman–Crippen MR) is 94.2 cm³/mol. The number of methoxy groups -OCH3 is 1. The minimum Gasteiger partial charge on any atom is -0.386 e. The zero-order valence-electron chi connectivity index (χ0n) is 14.9. The van der Waals surface area contributed by atoms with Gasteiger partial charge in [0, 0.05) is 25.2 Å². The van der Waals surface area contributed by atoms with Crippen molar-refractivity contribution in [3.63, 3.8) is 0 Å². The van der Waals surface area contributed by atoms with Crippen LogP contribution in [0.4, 0.5) is 0 Å². The number of aromatic nitrogens is 2. The van der Waals surface area contributed by atoms with E-state index in [-0.39, 0.29) is 19.3 Å².